The monoisotopic (exact) mass is 743 g/mol. The number of quaternary nitrogens is 1. The van der Waals surface area contributed by atoms with Crippen molar-refractivity contribution < 1.29 is 32.9 Å². The highest BCUT2D eigenvalue weighted by Gasteiger charge is 2.24. The largest absolute Gasteiger partial charge is 0.756 e. The number of allylic oxidation sites excluding steroid dienone is 4. The van der Waals surface area contributed by atoms with E-state index in [9.17, 15) is 19.4 Å². The van der Waals surface area contributed by atoms with Crippen LogP contribution < -0.4 is 10.2 Å². The lowest BCUT2D eigenvalue weighted by Crippen LogP contribution is -2.46. The fourth-order valence-corrected chi connectivity index (χ4v) is 6.72. The average Bonchev–Trinajstić information content (AvgIpc) is 3.07. The lowest BCUT2D eigenvalue weighted by atomic mass is 10.0. The number of phosphoric ester groups is 1. The van der Waals surface area contributed by atoms with Crippen LogP contribution in [0.1, 0.15) is 187 Å². The first-order chi connectivity index (χ1) is 24.5. The Morgan fingerprint density at radius 1 is 0.686 bits per heavy atom. The molecule has 302 valence electrons. The molecule has 0 aromatic carbocycles. The second kappa shape index (κ2) is 34.7. The number of nitrogens with one attached hydrogen (secondary N) is 1. The molecule has 0 rings (SSSR count). The highest BCUT2D eigenvalue weighted by atomic mass is 31.2. The van der Waals surface area contributed by atoms with Gasteiger partial charge < -0.3 is 28.8 Å². The summed E-state index contributed by atoms with van der Waals surface area (Å²) in [6, 6.07) is -0.804. The fraction of sp³-hybridized carbons (Fsp3) is 0.881. The number of rotatable bonds is 38. The molecular formula is C42H83N2O6P. The molecule has 0 aromatic heterocycles. The molecule has 0 saturated heterocycles. The summed E-state index contributed by atoms with van der Waals surface area (Å²) in [7, 11) is 1.29. The van der Waals surface area contributed by atoms with E-state index in [1.807, 2.05) is 21.1 Å². The molecule has 0 radical (unpaired) electrons. The van der Waals surface area contributed by atoms with E-state index < -0.39 is 20.0 Å². The molecule has 2 N–H and O–H groups in total. The van der Waals surface area contributed by atoms with Crippen LogP contribution in [0.2, 0.25) is 0 Å². The molecule has 0 fully saturated rings. The summed E-state index contributed by atoms with van der Waals surface area (Å²) >= 11 is 0. The van der Waals surface area contributed by atoms with Gasteiger partial charge in [-0.25, -0.2) is 0 Å². The summed E-state index contributed by atoms with van der Waals surface area (Å²) in [5, 5.41) is 13.9. The fourth-order valence-electron chi connectivity index (χ4n) is 6.00. The van der Waals surface area contributed by atoms with Gasteiger partial charge >= 0.3 is 0 Å². The van der Waals surface area contributed by atoms with Crippen molar-refractivity contribution in [3.05, 3.63) is 24.3 Å². The topological polar surface area (TPSA) is 108 Å². The van der Waals surface area contributed by atoms with E-state index in [1.54, 1.807) is 0 Å². The maximum Gasteiger partial charge on any atom is 0.268 e. The van der Waals surface area contributed by atoms with Crippen LogP contribution in [0.3, 0.4) is 0 Å². The van der Waals surface area contributed by atoms with Gasteiger partial charge in [-0.3, -0.25) is 9.36 Å². The van der Waals surface area contributed by atoms with Crippen molar-refractivity contribution in [3.63, 3.8) is 0 Å². The van der Waals surface area contributed by atoms with Gasteiger partial charge in [0.05, 0.1) is 39.9 Å². The van der Waals surface area contributed by atoms with Crippen LogP contribution in [0.15, 0.2) is 24.3 Å². The first-order valence-electron chi connectivity index (χ1n) is 21.2. The molecule has 1 amide bonds. The summed E-state index contributed by atoms with van der Waals surface area (Å²) in [4.78, 5) is 25.3. The van der Waals surface area contributed by atoms with Crippen molar-refractivity contribution in [2.45, 2.75) is 199 Å². The van der Waals surface area contributed by atoms with Crippen LogP contribution in [0.25, 0.3) is 0 Å². The quantitative estimate of drug-likeness (QED) is 0.0282. The third-order valence-corrected chi connectivity index (χ3v) is 10.4. The average molecular weight is 743 g/mol. The van der Waals surface area contributed by atoms with Gasteiger partial charge in [0, 0.05) is 6.42 Å². The Morgan fingerprint density at radius 2 is 1.16 bits per heavy atom. The van der Waals surface area contributed by atoms with Gasteiger partial charge in [-0.1, -0.05) is 167 Å². The molecule has 9 heteroatoms. The number of hydrogen-bond acceptors (Lipinski definition) is 6. The van der Waals surface area contributed by atoms with Gasteiger partial charge in [0.15, 0.2) is 0 Å². The molecule has 51 heavy (non-hydrogen) atoms. The molecule has 0 aliphatic carbocycles. The molecule has 3 unspecified atom stereocenters. The molecule has 0 heterocycles. The Balaban J connectivity index is 4.43. The lowest BCUT2D eigenvalue weighted by molar-refractivity contribution is -0.870. The minimum Gasteiger partial charge on any atom is -0.756 e. The SMILES string of the molecule is CCCC/C=C\C/C=C\CCCCCCCC(=O)NC(COP(=O)([O-])OCC[N+](C)(C)C)C(O)CCCCCCCCCCCCCCCCC. The smallest absolute Gasteiger partial charge is 0.268 e. The second-order valence-electron chi connectivity index (χ2n) is 15.7. The number of aliphatic hydroxyl groups excluding tert-OH is 1. The minimum atomic E-state index is -4.56. The molecule has 0 spiro atoms. The van der Waals surface area contributed by atoms with Crippen LogP contribution >= 0.6 is 7.82 Å². The van der Waals surface area contributed by atoms with E-state index in [4.69, 9.17) is 9.05 Å². The zero-order valence-corrected chi connectivity index (χ0v) is 35.0. The van der Waals surface area contributed by atoms with Gasteiger partial charge in [-0.2, -0.15) is 0 Å². The van der Waals surface area contributed by atoms with E-state index >= 15 is 0 Å². The number of carbonyl (C=O) groups excluding carboxylic acids is 1. The molecule has 8 nitrogen and oxygen atoms in total. The Hall–Kier alpha value is -1.02. The molecule has 0 bridgehead atoms. The Bertz CT molecular complexity index is 891. The number of likely N-dealkylation sites (N-methyl/N-ethyl adjacent to an activating group) is 1. The van der Waals surface area contributed by atoms with Gasteiger partial charge in [-0.15, -0.1) is 0 Å². The van der Waals surface area contributed by atoms with E-state index in [-0.39, 0.29) is 19.1 Å². The third kappa shape index (κ3) is 37.1. The number of aliphatic hydroxyl groups is 1. The number of carbonyl (C=O) groups is 1. The van der Waals surface area contributed by atoms with Crippen molar-refractivity contribution in [2.75, 3.05) is 40.9 Å². The van der Waals surface area contributed by atoms with Crippen LogP contribution in [0.5, 0.6) is 0 Å². The van der Waals surface area contributed by atoms with Crippen molar-refractivity contribution in [1.82, 2.24) is 5.32 Å². The third-order valence-electron chi connectivity index (χ3n) is 9.44. The molecule has 0 aromatic rings. The van der Waals surface area contributed by atoms with Gasteiger partial charge in [0.2, 0.25) is 5.91 Å². The summed E-state index contributed by atoms with van der Waals surface area (Å²) in [5.41, 5.74) is 0. The van der Waals surface area contributed by atoms with Crippen LogP contribution in [0.4, 0.5) is 0 Å². The van der Waals surface area contributed by atoms with Gasteiger partial charge in [0.1, 0.15) is 13.2 Å². The number of amides is 1. The van der Waals surface area contributed by atoms with Crippen molar-refractivity contribution in [2.24, 2.45) is 0 Å². The summed E-state index contributed by atoms with van der Waals surface area (Å²) < 4.78 is 23.2. The van der Waals surface area contributed by atoms with Crippen molar-refractivity contribution >= 4 is 13.7 Å². The van der Waals surface area contributed by atoms with Gasteiger partial charge in [0.25, 0.3) is 7.82 Å². The van der Waals surface area contributed by atoms with Gasteiger partial charge in [-0.05, 0) is 38.5 Å². The van der Waals surface area contributed by atoms with E-state index in [1.165, 1.54) is 96.3 Å². The summed E-state index contributed by atoms with van der Waals surface area (Å²) in [5.74, 6) is -0.180. The zero-order chi connectivity index (χ0) is 37.9. The predicted molar refractivity (Wildman–Crippen MR) is 215 cm³/mol. The standard InChI is InChI=1S/C42H83N2O6P/c1-6-8-10-12-14-16-18-20-22-23-25-27-29-31-33-35-41(45)40(39-50-51(47,48)49-38-37-44(3,4)5)43-42(46)36-34-32-30-28-26-24-21-19-17-15-13-11-9-7-2/h13,15,19,21,40-41,45H,6-12,14,16-18,20,22-39H2,1-5H3,(H-,43,46,47,48)/b15-13-,21-19-. The predicted octanol–water partition coefficient (Wildman–Crippen LogP) is 10.7. The van der Waals surface area contributed by atoms with E-state index in [0.29, 0.717) is 23.9 Å². The zero-order valence-electron chi connectivity index (χ0n) is 34.1. The highest BCUT2D eigenvalue weighted by molar-refractivity contribution is 7.45. The lowest BCUT2D eigenvalue weighted by Gasteiger charge is -2.30. The molecule has 0 aliphatic rings. The van der Waals surface area contributed by atoms with Crippen LogP contribution in [-0.2, 0) is 18.4 Å². The Morgan fingerprint density at radius 3 is 1.69 bits per heavy atom. The van der Waals surface area contributed by atoms with Crippen molar-refractivity contribution in [1.29, 1.82) is 0 Å². The summed E-state index contributed by atoms with van der Waals surface area (Å²) in [6.07, 6.45) is 38.8. The number of hydrogen-bond donors (Lipinski definition) is 2. The Kier molecular flexibility index (Phi) is 34.0. The number of nitrogens with zero attached hydrogens (tertiary/aromatic N) is 1. The highest BCUT2D eigenvalue weighted by Crippen LogP contribution is 2.38. The maximum atomic E-state index is 12.8. The first kappa shape index (κ1) is 50.0. The number of unbranched alkanes of at least 4 members (excludes halogenated alkanes) is 21. The molecular weight excluding hydrogens is 659 g/mol. The normalized spacial score (nSPS) is 14.7. The minimum absolute atomic E-state index is 0.00966. The van der Waals surface area contributed by atoms with Crippen molar-refractivity contribution in [3.8, 4) is 0 Å². The first-order valence-corrected chi connectivity index (χ1v) is 22.6. The van der Waals surface area contributed by atoms with Crippen LogP contribution in [-0.4, -0.2) is 68.5 Å². The number of phosphoric acid groups is 1. The van der Waals surface area contributed by atoms with Crippen LogP contribution in [0, 0.1) is 0 Å². The maximum absolute atomic E-state index is 12.8. The molecule has 3 atom stereocenters. The second-order valence-corrected chi connectivity index (χ2v) is 17.1. The van der Waals surface area contributed by atoms with E-state index in [2.05, 4.69) is 43.5 Å². The van der Waals surface area contributed by atoms with E-state index in [0.717, 1.165) is 64.2 Å². The summed E-state index contributed by atoms with van der Waals surface area (Å²) in [6.45, 7) is 4.66. The Labute approximate surface area is 315 Å². The molecule has 0 saturated carbocycles. The molecule has 0 aliphatic heterocycles.